The Morgan fingerprint density at radius 3 is 2.80 bits per heavy atom. The number of benzene rings is 1. The van der Waals surface area contributed by atoms with Crippen molar-refractivity contribution in [3.8, 4) is 5.75 Å². The molecule has 0 spiro atoms. The van der Waals surface area contributed by atoms with E-state index in [1.165, 1.54) is 6.08 Å². The van der Waals surface area contributed by atoms with Gasteiger partial charge in [-0.3, -0.25) is 4.79 Å². The van der Waals surface area contributed by atoms with Gasteiger partial charge < -0.3 is 25.4 Å². The maximum absolute atomic E-state index is 11.5. The molecule has 2 rings (SSSR count). The zero-order valence-electron chi connectivity index (χ0n) is 11.5. The Balaban J connectivity index is 2.38. The molecule has 0 aromatic heterocycles. The van der Waals surface area contributed by atoms with Crippen LogP contribution in [-0.4, -0.2) is 39.3 Å². The van der Waals surface area contributed by atoms with Crippen LogP contribution in [0.3, 0.4) is 0 Å². The van der Waals surface area contributed by atoms with Gasteiger partial charge in [0, 0.05) is 19.2 Å². The number of nitrogens with zero attached hydrogens (tertiary/aromatic N) is 1. The normalized spacial score (nSPS) is 14.8. The van der Waals surface area contributed by atoms with Crippen molar-refractivity contribution in [1.82, 2.24) is 0 Å². The van der Waals surface area contributed by atoms with Gasteiger partial charge in [-0.2, -0.15) is 0 Å². The summed E-state index contributed by atoms with van der Waals surface area (Å²) in [7, 11) is 1.57. The number of nitrogen functional groups attached to an aromatic ring is 1. The summed E-state index contributed by atoms with van der Waals surface area (Å²) in [5.74, 6) is 0.312. The first-order chi connectivity index (χ1) is 9.65. The molecule has 108 valence electrons. The first-order valence-corrected chi connectivity index (χ1v) is 6.39. The molecular formula is C14H19N3O3. The third-order valence-corrected chi connectivity index (χ3v) is 3.14. The van der Waals surface area contributed by atoms with Crippen molar-refractivity contribution in [1.29, 1.82) is 0 Å². The maximum Gasteiger partial charge on any atom is 0.247 e. The van der Waals surface area contributed by atoms with Crippen LogP contribution in [0.1, 0.15) is 0 Å². The van der Waals surface area contributed by atoms with Crippen LogP contribution >= 0.6 is 0 Å². The van der Waals surface area contributed by atoms with Gasteiger partial charge in [-0.25, -0.2) is 0 Å². The molecule has 6 nitrogen and oxygen atoms in total. The highest BCUT2D eigenvalue weighted by atomic mass is 16.5. The summed E-state index contributed by atoms with van der Waals surface area (Å²) in [5.41, 5.74) is 7.90. The van der Waals surface area contributed by atoms with Crippen molar-refractivity contribution in [2.45, 2.75) is 0 Å². The minimum Gasteiger partial charge on any atom is -0.495 e. The second-order valence-corrected chi connectivity index (χ2v) is 4.40. The van der Waals surface area contributed by atoms with E-state index in [4.69, 9.17) is 15.2 Å². The number of hydrogen-bond donors (Lipinski definition) is 2. The van der Waals surface area contributed by atoms with Crippen molar-refractivity contribution in [2.75, 3.05) is 49.4 Å². The zero-order valence-corrected chi connectivity index (χ0v) is 11.5. The summed E-state index contributed by atoms with van der Waals surface area (Å²) in [6.45, 7) is 6.27. The molecule has 1 aliphatic rings. The second-order valence-electron chi connectivity index (χ2n) is 4.40. The summed E-state index contributed by atoms with van der Waals surface area (Å²) in [6, 6.07) is 3.53. The van der Waals surface area contributed by atoms with Gasteiger partial charge in [0.25, 0.3) is 0 Å². The maximum atomic E-state index is 11.5. The number of anilines is 3. The third-order valence-electron chi connectivity index (χ3n) is 3.14. The largest absolute Gasteiger partial charge is 0.495 e. The van der Waals surface area contributed by atoms with E-state index < -0.39 is 0 Å². The van der Waals surface area contributed by atoms with Crippen LogP contribution in [0.15, 0.2) is 24.8 Å². The molecule has 0 radical (unpaired) electrons. The fourth-order valence-corrected chi connectivity index (χ4v) is 2.11. The molecule has 0 bridgehead atoms. The van der Waals surface area contributed by atoms with Gasteiger partial charge in [0.1, 0.15) is 5.75 Å². The molecule has 1 saturated heterocycles. The average molecular weight is 277 g/mol. The summed E-state index contributed by atoms with van der Waals surface area (Å²) in [5, 5.41) is 2.77. The number of amides is 1. The predicted octanol–water partition coefficient (Wildman–Crippen LogP) is 1.24. The van der Waals surface area contributed by atoms with E-state index in [9.17, 15) is 4.79 Å². The van der Waals surface area contributed by atoms with Gasteiger partial charge >= 0.3 is 0 Å². The number of methoxy groups -OCH3 is 1. The SMILES string of the molecule is C=CC(=O)Nc1cc(N)c(OC)cc1N1CCOCC1. The Morgan fingerprint density at radius 2 is 2.20 bits per heavy atom. The number of carbonyl (C=O) groups excluding carboxylic acids is 1. The van der Waals surface area contributed by atoms with Crippen LogP contribution < -0.4 is 20.7 Å². The number of nitrogens with two attached hydrogens (primary N) is 1. The quantitative estimate of drug-likeness (QED) is 0.639. The summed E-state index contributed by atoms with van der Waals surface area (Å²) in [6.07, 6.45) is 1.23. The van der Waals surface area contributed by atoms with E-state index in [0.717, 1.165) is 18.8 Å². The van der Waals surface area contributed by atoms with E-state index >= 15 is 0 Å². The molecule has 0 aliphatic carbocycles. The van der Waals surface area contributed by atoms with Crippen LogP contribution in [0.2, 0.25) is 0 Å². The highest BCUT2D eigenvalue weighted by molar-refractivity contribution is 6.02. The average Bonchev–Trinajstić information content (AvgIpc) is 2.48. The molecule has 1 aromatic rings. The van der Waals surface area contributed by atoms with Gasteiger partial charge in [-0.15, -0.1) is 0 Å². The molecule has 20 heavy (non-hydrogen) atoms. The van der Waals surface area contributed by atoms with Crippen LogP contribution in [0, 0.1) is 0 Å². The highest BCUT2D eigenvalue weighted by Gasteiger charge is 2.18. The molecule has 1 heterocycles. The summed E-state index contributed by atoms with van der Waals surface area (Å²) in [4.78, 5) is 13.7. The number of nitrogens with one attached hydrogen (secondary N) is 1. The molecule has 1 fully saturated rings. The third kappa shape index (κ3) is 3.03. The number of morpholine rings is 1. The topological polar surface area (TPSA) is 76.8 Å². The smallest absolute Gasteiger partial charge is 0.247 e. The van der Waals surface area contributed by atoms with Crippen LogP contribution in [-0.2, 0) is 9.53 Å². The lowest BCUT2D eigenvalue weighted by atomic mass is 10.2. The number of hydrogen-bond acceptors (Lipinski definition) is 5. The molecule has 0 unspecified atom stereocenters. The Bertz CT molecular complexity index is 511. The van der Waals surface area contributed by atoms with Gasteiger partial charge in [0.15, 0.2) is 0 Å². The minimum atomic E-state index is -0.274. The molecule has 3 N–H and O–H groups in total. The lowest BCUT2D eigenvalue weighted by molar-refractivity contribution is -0.111. The van der Waals surface area contributed by atoms with Crippen molar-refractivity contribution >= 4 is 23.0 Å². The lowest BCUT2D eigenvalue weighted by Gasteiger charge is -2.31. The molecular weight excluding hydrogens is 258 g/mol. The number of rotatable bonds is 4. The lowest BCUT2D eigenvalue weighted by Crippen LogP contribution is -2.36. The van der Waals surface area contributed by atoms with E-state index in [-0.39, 0.29) is 5.91 Å². The monoisotopic (exact) mass is 277 g/mol. The van der Waals surface area contributed by atoms with Crippen LogP contribution in [0.5, 0.6) is 5.75 Å². The van der Waals surface area contributed by atoms with Crippen LogP contribution in [0.4, 0.5) is 17.1 Å². The summed E-state index contributed by atoms with van der Waals surface area (Å²) >= 11 is 0. The predicted molar refractivity (Wildman–Crippen MR) is 79.3 cm³/mol. The molecule has 1 aromatic carbocycles. The first kappa shape index (κ1) is 14.2. The van der Waals surface area contributed by atoms with Gasteiger partial charge in [-0.1, -0.05) is 6.58 Å². The fraction of sp³-hybridized carbons (Fsp3) is 0.357. The Hall–Kier alpha value is -2.21. The molecule has 1 aliphatic heterocycles. The second kappa shape index (κ2) is 6.29. The Kier molecular flexibility index (Phi) is 4.47. The van der Waals surface area contributed by atoms with E-state index in [2.05, 4.69) is 16.8 Å². The highest BCUT2D eigenvalue weighted by Crippen LogP contribution is 2.35. The summed E-state index contributed by atoms with van der Waals surface area (Å²) < 4.78 is 10.6. The number of carbonyl (C=O) groups is 1. The van der Waals surface area contributed by atoms with Gasteiger partial charge in [0.2, 0.25) is 5.91 Å². The molecule has 0 atom stereocenters. The molecule has 0 saturated carbocycles. The van der Waals surface area contributed by atoms with Crippen LogP contribution in [0.25, 0.3) is 0 Å². The Morgan fingerprint density at radius 1 is 1.50 bits per heavy atom. The molecule has 6 heteroatoms. The van der Waals surface area contributed by atoms with Crippen molar-refractivity contribution in [2.24, 2.45) is 0 Å². The standard InChI is InChI=1S/C14H19N3O3/c1-3-14(18)16-11-8-10(15)13(19-2)9-12(11)17-4-6-20-7-5-17/h3,8-9H,1,4-7,15H2,2H3,(H,16,18). The van der Waals surface area contributed by atoms with Crippen molar-refractivity contribution < 1.29 is 14.3 Å². The zero-order chi connectivity index (χ0) is 14.5. The number of ether oxygens (including phenoxy) is 2. The van der Waals surface area contributed by atoms with E-state index in [1.807, 2.05) is 6.07 Å². The Labute approximate surface area is 118 Å². The van der Waals surface area contributed by atoms with Gasteiger partial charge in [-0.05, 0) is 12.1 Å². The fourth-order valence-electron chi connectivity index (χ4n) is 2.11. The first-order valence-electron chi connectivity index (χ1n) is 6.39. The minimum absolute atomic E-state index is 0.274. The van der Waals surface area contributed by atoms with E-state index in [0.29, 0.717) is 30.3 Å². The van der Waals surface area contributed by atoms with Gasteiger partial charge in [0.05, 0.1) is 37.4 Å². The molecule has 1 amide bonds. The van der Waals surface area contributed by atoms with E-state index in [1.54, 1.807) is 13.2 Å². The van der Waals surface area contributed by atoms with Crippen molar-refractivity contribution in [3.63, 3.8) is 0 Å². The van der Waals surface area contributed by atoms with Crippen molar-refractivity contribution in [3.05, 3.63) is 24.8 Å².